The molecule has 2 amide bonds. The predicted molar refractivity (Wildman–Crippen MR) is 114 cm³/mol. The van der Waals surface area contributed by atoms with Gasteiger partial charge in [-0.05, 0) is 50.8 Å². The molecule has 4 rings (SSSR count). The van der Waals surface area contributed by atoms with Crippen molar-refractivity contribution in [3.63, 3.8) is 0 Å². The summed E-state index contributed by atoms with van der Waals surface area (Å²) in [6.07, 6.45) is 6.46. The number of ether oxygens (including phenoxy) is 2. The van der Waals surface area contributed by atoms with Gasteiger partial charge in [0.15, 0.2) is 17.3 Å². The monoisotopic (exact) mass is 415 g/mol. The van der Waals surface area contributed by atoms with Crippen molar-refractivity contribution in [2.24, 2.45) is 0 Å². The van der Waals surface area contributed by atoms with Crippen molar-refractivity contribution >= 4 is 11.8 Å². The first-order valence-corrected chi connectivity index (χ1v) is 11.1. The number of Topliss-reactive ketones (excluding diaryl/α,β-unsaturated/α-hetero) is 1. The van der Waals surface area contributed by atoms with Crippen LogP contribution in [0.25, 0.3) is 0 Å². The molecule has 3 atom stereocenters. The van der Waals surface area contributed by atoms with Crippen LogP contribution < -0.4 is 14.8 Å². The van der Waals surface area contributed by atoms with E-state index in [9.17, 15) is 9.59 Å². The number of urea groups is 1. The third-order valence-electron chi connectivity index (χ3n) is 7.12. The normalized spacial score (nSPS) is 26.1. The summed E-state index contributed by atoms with van der Waals surface area (Å²) >= 11 is 0. The Kier molecular flexibility index (Phi) is 6.18. The van der Waals surface area contributed by atoms with Crippen LogP contribution >= 0.6 is 0 Å². The minimum absolute atomic E-state index is 0.0839. The van der Waals surface area contributed by atoms with Crippen LogP contribution in [-0.4, -0.2) is 73.1 Å². The Hall–Kier alpha value is -2.28. The molecule has 0 bridgehead atoms. The van der Waals surface area contributed by atoms with Gasteiger partial charge in [0.05, 0.1) is 32.3 Å². The number of amides is 2. The van der Waals surface area contributed by atoms with Gasteiger partial charge in [-0.15, -0.1) is 0 Å². The van der Waals surface area contributed by atoms with Gasteiger partial charge in [0.2, 0.25) is 0 Å². The largest absolute Gasteiger partial charge is 0.493 e. The number of nitrogens with one attached hydrogen (secondary N) is 1. The smallest absolute Gasteiger partial charge is 0.318 e. The summed E-state index contributed by atoms with van der Waals surface area (Å²) < 4.78 is 10.6. The van der Waals surface area contributed by atoms with Crippen molar-refractivity contribution in [3.8, 4) is 11.5 Å². The first kappa shape index (κ1) is 21.0. The molecule has 1 aliphatic carbocycles. The van der Waals surface area contributed by atoms with Crippen LogP contribution in [0.2, 0.25) is 0 Å². The number of methoxy groups -OCH3 is 2. The number of rotatable bonds is 6. The maximum Gasteiger partial charge on any atom is 0.318 e. The van der Waals surface area contributed by atoms with Crippen molar-refractivity contribution in [1.82, 2.24) is 15.1 Å². The van der Waals surface area contributed by atoms with Crippen LogP contribution in [0, 0.1) is 0 Å². The quantitative estimate of drug-likeness (QED) is 0.723. The summed E-state index contributed by atoms with van der Waals surface area (Å²) in [5.41, 5.74) is 0.631. The minimum atomic E-state index is -0.209. The van der Waals surface area contributed by atoms with Crippen LogP contribution in [0.1, 0.15) is 55.8 Å². The molecule has 2 saturated heterocycles. The average Bonchev–Trinajstić information content (AvgIpc) is 3.13. The molecule has 2 aliphatic heterocycles. The summed E-state index contributed by atoms with van der Waals surface area (Å²) in [6.45, 7) is 3.62. The fourth-order valence-corrected chi connectivity index (χ4v) is 5.38. The average molecular weight is 416 g/mol. The van der Waals surface area contributed by atoms with Gasteiger partial charge >= 0.3 is 6.03 Å². The van der Waals surface area contributed by atoms with E-state index < -0.39 is 0 Å². The van der Waals surface area contributed by atoms with Crippen molar-refractivity contribution in [3.05, 3.63) is 23.8 Å². The number of ketones is 1. The third-order valence-corrected chi connectivity index (χ3v) is 7.12. The number of benzene rings is 1. The first-order chi connectivity index (χ1) is 14.5. The van der Waals surface area contributed by atoms with E-state index in [0.717, 1.165) is 38.8 Å². The molecule has 3 unspecified atom stereocenters. The Morgan fingerprint density at radius 1 is 1.07 bits per heavy atom. The zero-order valence-electron chi connectivity index (χ0n) is 18.2. The SMILES string of the molecule is COc1ccc(C(=O)C(C)N2CCC(N3C(=O)NC4CCCCC43)CC2)cc1OC. The zero-order chi connectivity index (χ0) is 21.3. The topological polar surface area (TPSA) is 71.1 Å². The van der Waals surface area contributed by atoms with Crippen molar-refractivity contribution in [1.29, 1.82) is 0 Å². The fraction of sp³-hybridized carbons (Fsp3) is 0.652. The lowest BCUT2D eigenvalue weighted by Gasteiger charge is -2.41. The van der Waals surface area contributed by atoms with Gasteiger partial charge in [-0.1, -0.05) is 12.8 Å². The first-order valence-electron chi connectivity index (χ1n) is 11.1. The van der Waals surface area contributed by atoms with Gasteiger partial charge in [0.25, 0.3) is 0 Å². The number of fused-ring (bicyclic) bond motifs is 1. The van der Waals surface area contributed by atoms with E-state index in [0.29, 0.717) is 29.1 Å². The van der Waals surface area contributed by atoms with E-state index in [2.05, 4.69) is 15.1 Å². The molecule has 3 fully saturated rings. The highest BCUT2D eigenvalue weighted by Crippen LogP contribution is 2.33. The molecule has 0 spiro atoms. The molecule has 7 heteroatoms. The van der Waals surface area contributed by atoms with Gasteiger partial charge in [-0.2, -0.15) is 0 Å². The second kappa shape index (κ2) is 8.84. The molecule has 0 aromatic heterocycles. The lowest BCUT2D eigenvalue weighted by Crippen LogP contribution is -2.52. The number of nitrogens with zero attached hydrogens (tertiary/aromatic N) is 2. The highest BCUT2D eigenvalue weighted by molar-refractivity contribution is 6.00. The third kappa shape index (κ3) is 3.87. The van der Waals surface area contributed by atoms with Crippen LogP contribution in [0.5, 0.6) is 11.5 Å². The van der Waals surface area contributed by atoms with Gasteiger partial charge in [-0.25, -0.2) is 4.79 Å². The number of carbonyl (C=O) groups excluding carboxylic acids is 2. The molecular weight excluding hydrogens is 382 g/mol. The fourth-order valence-electron chi connectivity index (χ4n) is 5.38. The minimum Gasteiger partial charge on any atom is -0.493 e. The summed E-state index contributed by atoms with van der Waals surface area (Å²) in [4.78, 5) is 30.0. The van der Waals surface area contributed by atoms with Crippen LogP contribution in [0.4, 0.5) is 4.79 Å². The maximum atomic E-state index is 13.1. The molecule has 30 heavy (non-hydrogen) atoms. The molecular formula is C23H33N3O4. The molecule has 1 saturated carbocycles. The standard InChI is InChI=1S/C23H33N3O4/c1-15(22(27)16-8-9-20(29-2)21(14-16)30-3)25-12-10-17(11-13-25)26-19-7-5-4-6-18(19)24-23(26)28/h8-9,14-15,17-19H,4-7,10-13H2,1-3H3,(H,24,28). The van der Waals surface area contributed by atoms with E-state index in [4.69, 9.17) is 9.47 Å². The predicted octanol–water partition coefficient (Wildman–Crippen LogP) is 3.08. The van der Waals surface area contributed by atoms with Gasteiger partial charge in [-0.3, -0.25) is 9.69 Å². The Balaban J connectivity index is 1.38. The number of hydrogen-bond donors (Lipinski definition) is 1. The number of piperidine rings is 1. The van der Waals surface area contributed by atoms with Crippen molar-refractivity contribution in [2.75, 3.05) is 27.3 Å². The van der Waals surface area contributed by atoms with Crippen LogP contribution in [0.15, 0.2) is 18.2 Å². The zero-order valence-corrected chi connectivity index (χ0v) is 18.2. The number of carbonyl (C=O) groups is 2. The van der Waals surface area contributed by atoms with Crippen LogP contribution in [-0.2, 0) is 0 Å². The Morgan fingerprint density at radius 3 is 2.47 bits per heavy atom. The highest BCUT2D eigenvalue weighted by Gasteiger charge is 2.44. The molecule has 7 nitrogen and oxygen atoms in total. The lowest BCUT2D eigenvalue weighted by molar-refractivity contribution is 0.0667. The molecule has 0 radical (unpaired) electrons. The summed E-state index contributed by atoms with van der Waals surface area (Å²) in [5.74, 6) is 1.27. The van der Waals surface area contributed by atoms with E-state index in [1.807, 2.05) is 6.92 Å². The second-order valence-corrected chi connectivity index (χ2v) is 8.69. The van der Waals surface area contributed by atoms with Gasteiger partial charge in [0.1, 0.15) is 0 Å². The highest BCUT2D eigenvalue weighted by atomic mass is 16.5. The molecule has 1 aromatic rings. The molecule has 164 valence electrons. The molecule has 2 heterocycles. The number of hydrogen-bond acceptors (Lipinski definition) is 5. The summed E-state index contributed by atoms with van der Waals surface area (Å²) in [6, 6.07) is 6.18. The molecule has 1 aromatic carbocycles. The van der Waals surface area contributed by atoms with E-state index in [1.165, 1.54) is 12.8 Å². The maximum absolute atomic E-state index is 13.1. The van der Waals surface area contributed by atoms with Crippen LogP contribution in [0.3, 0.4) is 0 Å². The number of likely N-dealkylation sites (tertiary alicyclic amines) is 1. The van der Waals surface area contributed by atoms with Crippen molar-refractivity contribution < 1.29 is 19.1 Å². The molecule has 3 aliphatic rings. The Morgan fingerprint density at radius 2 is 1.77 bits per heavy atom. The van der Waals surface area contributed by atoms with Gasteiger partial charge in [0, 0.05) is 24.7 Å². The van der Waals surface area contributed by atoms with E-state index >= 15 is 0 Å². The van der Waals surface area contributed by atoms with Crippen molar-refractivity contribution in [2.45, 2.75) is 69.6 Å². The lowest BCUT2D eigenvalue weighted by atomic mass is 9.89. The van der Waals surface area contributed by atoms with Gasteiger partial charge < -0.3 is 19.7 Å². The molecule has 1 N–H and O–H groups in total. The van der Waals surface area contributed by atoms with E-state index in [-0.39, 0.29) is 23.9 Å². The second-order valence-electron chi connectivity index (χ2n) is 8.69. The Bertz CT molecular complexity index is 791. The summed E-state index contributed by atoms with van der Waals surface area (Å²) in [7, 11) is 3.16. The summed E-state index contributed by atoms with van der Waals surface area (Å²) in [5, 5.41) is 3.19. The Labute approximate surface area is 178 Å². The van der Waals surface area contributed by atoms with E-state index in [1.54, 1.807) is 32.4 Å².